The molecule has 3 rings (SSSR count). The molecule has 0 aromatic heterocycles. The Bertz CT molecular complexity index is 421. The Kier molecular flexibility index (Phi) is 3.06. The van der Waals surface area contributed by atoms with Crippen LogP contribution in [0.1, 0.15) is 15.9 Å². The van der Waals surface area contributed by atoms with E-state index in [1.165, 1.54) is 0 Å². The van der Waals surface area contributed by atoms with E-state index < -0.39 is 0 Å². The highest BCUT2D eigenvalue weighted by atomic mass is 16.6. The molecule has 2 fully saturated rings. The maximum atomic E-state index is 12.4. The van der Waals surface area contributed by atoms with E-state index in [9.17, 15) is 4.79 Å². The van der Waals surface area contributed by atoms with Gasteiger partial charge in [-0.15, -0.1) is 0 Å². The van der Waals surface area contributed by atoms with E-state index in [0.29, 0.717) is 13.1 Å². The van der Waals surface area contributed by atoms with Crippen LogP contribution in [0.5, 0.6) is 0 Å². The molecule has 2 heterocycles. The minimum atomic E-state index is 0.0704. The number of carbonyl (C=O) groups excluding carboxylic acids is 1. The van der Waals surface area contributed by atoms with Gasteiger partial charge in [-0.25, -0.2) is 0 Å². The van der Waals surface area contributed by atoms with Gasteiger partial charge in [-0.2, -0.15) is 0 Å². The number of epoxide rings is 2. The molecule has 0 aliphatic carbocycles. The molecule has 4 heteroatoms. The number of amides is 1. The highest BCUT2D eigenvalue weighted by Gasteiger charge is 2.33. The Labute approximate surface area is 106 Å². The molecule has 0 saturated carbocycles. The molecule has 0 N–H and O–H groups in total. The van der Waals surface area contributed by atoms with Gasteiger partial charge in [0.15, 0.2) is 0 Å². The molecule has 1 amide bonds. The summed E-state index contributed by atoms with van der Waals surface area (Å²) in [5, 5.41) is 0. The zero-order valence-corrected chi connectivity index (χ0v) is 10.5. The summed E-state index contributed by atoms with van der Waals surface area (Å²) < 4.78 is 10.4. The Morgan fingerprint density at radius 3 is 2.11 bits per heavy atom. The summed E-state index contributed by atoms with van der Waals surface area (Å²) in [7, 11) is 0. The molecule has 4 nitrogen and oxygen atoms in total. The highest BCUT2D eigenvalue weighted by Crippen LogP contribution is 2.18. The molecule has 2 aliphatic rings. The lowest BCUT2D eigenvalue weighted by atomic mass is 10.1. The normalized spacial score (nSPS) is 24.7. The summed E-state index contributed by atoms with van der Waals surface area (Å²) in [5.41, 5.74) is 1.90. The second-order valence-electron chi connectivity index (χ2n) is 4.99. The van der Waals surface area contributed by atoms with Gasteiger partial charge in [0, 0.05) is 18.7 Å². The number of aryl methyl sites for hydroxylation is 1. The molecule has 96 valence electrons. The van der Waals surface area contributed by atoms with Gasteiger partial charge in [0.05, 0.1) is 25.4 Å². The number of carbonyl (C=O) groups is 1. The van der Waals surface area contributed by atoms with Crippen LogP contribution in [0.2, 0.25) is 0 Å². The molecule has 0 spiro atoms. The first kappa shape index (κ1) is 11.7. The number of ether oxygens (including phenoxy) is 2. The average molecular weight is 247 g/mol. The molecule has 2 aliphatic heterocycles. The van der Waals surface area contributed by atoms with Crippen LogP contribution in [0.15, 0.2) is 24.3 Å². The molecular weight excluding hydrogens is 230 g/mol. The van der Waals surface area contributed by atoms with Gasteiger partial charge in [-0.1, -0.05) is 17.7 Å². The van der Waals surface area contributed by atoms with E-state index in [1.54, 1.807) is 0 Å². The number of rotatable bonds is 5. The maximum absolute atomic E-state index is 12.4. The fraction of sp³-hybridized carbons (Fsp3) is 0.500. The van der Waals surface area contributed by atoms with Crippen molar-refractivity contribution in [3.05, 3.63) is 35.4 Å². The first-order valence-electron chi connectivity index (χ1n) is 6.31. The summed E-state index contributed by atoms with van der Waals surface area (Å²) in [4.78, 5) is 14.2. The molecule has 18 heavy (non-hydrogen) atoms. The SMILES string of the molecule is Cc1ccc(C(=O)N(CC2CO2)CC2CO2)cc1. The topological polar surface area (TPSA) is 45.4 Å². The van der Waals surface area contributed by atoms with Crippen molar-refractivity contribution in [3.63, 3.8) is 0 Å². The third kappa shape index (κ3) is 2.89. The van der Waals surface area contributed by atoms with Gasteiger partial charge in [-0.3, -0.25) is 4.79 Å². The van der Waals surface area contributed by atoms with Gasteiger partial charge >= 0.3 is 0 Å². The van der Waals surface area contributed by atoms with Crippen molar-refractivity contribution in [1.29, 1.82) is 0 Å². The van der Waals surface area contributed by atoms with E-state index in [0.717, 1.165) is 24.3 Å². The van der Waals surface area contributed by atoms with Crippen molar-refractivity contribution in [2.24, 2.45) is 0 Å². The summed E-state index contributed by atoms with van der Waals surface area (Å²) in [6, 6.07) is 7.69. The van der Waals surface area contributed by atoms with Crippen LogP contribution in [0.3, 0.4) is 0 Å². The minimum absolute atomic E-state index is 0.0704. The lowest BCUT2D eigenvalue weighted by molar-refractivity contribution is 0.0729. The number of hydrogen-bond donors (Lipinski definition) is 0. The van der Waals surface area contributed by atoms with Gasteiger partial charge in [-0.05, 0) is 19.1 Å². The van der Waals surface area contributed by atoms with E-state index >= 15 is 0 Å². The summed E-state index contributed by atoms with van der Waals surface area (Å²) in [5.74, 6) is 0.0704. The van der Waals surface area contributed by atoms with Crippen molar-refractivity contribution in [3.8, 4) is 0 Å². The molecule has 2 saturated heterocycles. The Morgan fingerprint density at radius 2 is 1.67 bits per heavy atom. The third-order valence-corrected chi connectivity index (χ3v) is 3.24. The fourth-order valence-electron chi connectivity index (χ4n) is 1.96. The van der Waals surface area contributed by atoms with Gasteiger partial charge in [0.2, 0.25) is 0 Å². The standard InChI is InChI=1S/C14H17NO3/c1-10-2-4-11(5-3-10)14(16)15(6-12-8-17-12)7-13-9-18-13/h2-5,12-13H,6-9H2,1H3. The fourth-order valence-corrected chi connectivity index (χ4v) is 1.96. The predicted molar refractivity (Wildman–Crippen MR) is 66.6 cm³/mol. The van der Waals surface area contributed by atoms with Crippen molar-refractivity contribution >= 4 is 5.91 Å². The van der Waals surface area contributed by atoms with Crippen LogP contribution in [0.4, 0.5) is 0 Å². The lowest BCUT2D eigenvalue weighted by Crippen LogP contribution is -2.37. The van der Waals surface area contributed by atoms with E-state index in [1.807, 2.05) is 36.1 Å². The van der Waals surface area contributed by atoms with Crippen LogP contribution < -0.4 is 0 Å². The predicted octanol–water partition coefficient (Wildman–Crippen LogP) is 1.23. The minimum Gasteiger partial charge on any atom is -0.371 e. The maximum Gasteiger partial charge on any atom is 0.254 e. The van der Waals surface area contributed by atoms with Crippen LogP contribution in [-0.2, 0) is 9.47 Å². The zero-order valence-electron chi connectivity index (χ0n) is 10.5. The Hall–Kier alpha value is -1.39. The molecule has 1 aromatic carbocycles. The lowest BCUT2D eigenvalue weighted by Gasteiger charge is -2.21. The highest BCUT2D eigenvalue weighted by molar-refractivity contribution is 5.94. The Morgan fingerprint density at radius 1 is 1.17 bits per heavy atom. The molecule has 2 atom stereocenters. The Balaban J connectivity index is 1.70. The van der Waals surface area contributed by atoms with Crippen molar-refractivity contribution in [2.45, 2.75) is 19.1 Å². The number of hydrogen-bond acceptors (Lipinski definition) is 3. The monoisotopic (exact) mass is 247 g/mol. The van der Waals surface area contributed by atoms with Crippen molar-refractivity contribution in [2.75, 3.05) is 26.3 Å². The molecule has 0 bridgehead atoms. The molecule has 2 unspecified atom stereocenters. The van der Waals surface area contributed by atoms with Gasteiger partial charge < -0.3 is 14.4 Å². The number of nitrogens with zero attached hydrogens (tertiary/aromatic N) is 1. The van der Waals surface area contributed by atoms with Crippen molar-refractivity contribution in [1.82, 2.24) is 4.90 Å². The molecular formula is C14H17NO3. The number of benzene rings is 1. The summed E-state index contributed by atoms with van der Waals surface area (Å²) >= 11 is 0. The van der Waals surface area contributed by atoms with E-state index in [2.05, 4.69) is 0 Å². The summed E-state index contributed by atoms with van der Waals surface area (Å²) in [6.45, 7) is 4.90. The van der Waals surface area contributed by atoms with Crippen LogP contribution in [-0.4, -0.2) is 49.3 Å². The van der Waals surface area contributed by atoms with Gasteiger partial charge in [0.25, 0.3) is 5.91 Å². The smallest absolute Gasteiger partial charge is 0.254 e. The van der Waals surface area contributed by atoms with Gasteiger partial charge in [0.1, 0.15) is 0 Å². The molecule has 0 radical (unpaired) electrons. The molecule has 1 aromatic rings. The van der Waals surface area contributed by atoms with Crippen molar-refractivity contribution < 1.29 is 14.3 Å². The second-order valence-corrected chi connectivity index (χ2v) is 4.99. The van der Waals surface area contributed by atoms with Crippen LogP contribution in [0, 0.1) is 6.92 Å². The third-order valence-electron chi connectivity index (χ3n) is 3.24. The summed E-state index contributed by atoms with van der Waals surface area (Å²) in [6.07, 6.45) is 0.441. The second kappa shape index (κ2) is 4.71. The van der Waals surface area contributed by atoms with Crippen LogP contribution >= 0.6 is 0 Å². The van der Waals surface area contributed by atoms with Crippen LogP contribution in [0.25, 0.3) is 0 Å². The largest absolute Gasteiger partial charge is 0.371 e. The average Bonchev–Trinajstić information content (AvgIpc) is 3.23. The first-order chi connectivity index (χ1) is 8.72. The first-order valence-corrected chi connectivity index (χ1v) is 6.31. The van der Waals surface area contributed by atoms with E-state index in [-0.39, 0.29) is 18.1 Å². The zero-order chi connectivity index (χ0) is 12.5. The van der Waals surface area contributed by atoms with E-state index in [4.69, 9.17) is 9.47 Å². The quantitative estimate of drug-likeness (QED) is 0.735.